The van der Waals surface area contributed by atoms with E-state index in [1.165, 1.54) is 6.07 Å². The van der Waals surface area contributed by atoms with Crippen molar-refractivity contribution in [2.24, 2.45) is 5.73 Å². The highest BCUT2D eigenvalue weighted by Crippen LogP contribution is 2.27. The average molecular weight is 406 g/mol. The second-order valence-electron chi connectivity index (χ2n) is 3.67. The molecule has 1 nitrogen and oxygen atoms in total. The summed E-state index contributed by atoms with van der Waals surface area (Å²) < 4.78 is 15.6. The fourth-order valence-electron chi connectivity index (χ4n) is 1.65. The predicted molar refractivity (Wildman–Crippen MR) is 79.3 cm³/mol. The molecule has 0 heterocycles. The SMILES string of the molecule is NC(c1cc(Br)ccc1F)c1ccccc1I. The summed E-state index contributed by atoms with van der Waals surface area (Å²) in [5.74, 6) is -0.277. The summed E-state index contributed by atoms with van der Waals surface area (Å²) in [6, 6.07) is 12.1. The van der Waals surface area contributed by atoms with Gasteiger partial charge < -0.3 is 5.73 Å². The Morgan fingerprint density at radius 1 is 1.12 bits per heavy atom. The lowest BCUT2D eigenvalue weighted by Crippen LogP contribution is -2.14. The first kappa shape index (κ1) is 13.0. The van der Waals surface area contributed by atoms with Crippen LogP contribution in [0.2, 0.25) is 0 Å². The largest absolute Gasteiger partial charge is 0.320 e. The normalized spacial score (nSPS) is 12.5. The molecule has 0 aliphatic heterocycles. The Hall–Kier alpha value is -0.460. The summed E-state index contributed by atoms with van der Waals surface area (Å²) in [5.41, 5.74) is 7.56. The first-order valence-corrected chi connectivity index (χ1v) is 6.91. The van der Waals surface area contributed by atoms with Gasteiger partial charge in [-0.3, -0.25) is 0 Å². The van der Waals surface area contributed by atoms with E-state index in [2.05, 4.69) is 38.5 Å². The molecule has 1 unspecified atom stereocenters. The van der Waals surface area contributed by atoms with Crippen molar-refractivity contribution in [3.8, 4) is 0 Å². The average Bonchev–Trinajstić information content (AvgIpc) is 2.32. The topological polar surface area (TPSA) is 26.0 Å². The van der Waals surface area contributed by atoms with E-state index in [1.807, 2.05) is 24.3 Å². The minimum absolute atomic E-state index is 0.277. The van der Waals surface area contributed by atoms with E-state index in [4.69, 9.17) is 5.73 Å². The van der Waals surface area contributed by atoms with Crippen LogP contribution in [0.15, 0.2) is 46.9 Å². The number of rotatable bonds is 2. The van der Waals surface area contributed by atoms with Gasteiger partial charge in [0, 0.05) is 13.6 Å². The highest BCUT2D eigenvalue weighted by atomic mass is 127. The maximum atomic E-state index is 13.7. The van der Waals surface area contributed by atoms with E-state index in [0.717, 1.165) is 13.6 Å². The van der Waals surface area contributed by atoms with Crippen LogP contribution in [0, 0.1) is 9.39 Å². The summed E-state index contributed by atoms with van der Waals surface area (Å²) in [7, 11) is 0. The zero-order valence-corrected chi connectivity index (χ0v) is 12.6. The summed E-state index contributed by atoms with van der Waals surface area (Å²) in [6.45, 7) is 0. The second kappa shape index (κ2) is 5.46. The van der Waals surface area contributed by atoms with Gasteiger partial charge in [-0.2, -0.15) is 0 Å². The standard InChI is InChI=1S/C13H10BrFIN/c14-8-5-6-11(15)10(7-8)13(17)9-3-1-2-4-12(9)16/h1-7,13H,17H2. The van der Waals surface area contributed by atoms with Crippen LogP contribution < -0.4 is 5.73 Å². The maximum absolute atomic E-state index is 13.7. The van der Waals surface area contributed by atoms with Gasteiger partial charge in [0.1, 0.15) is 5.82 Å². The smallest absolute Gasteiger partial charge is 0.128 e. The van der Waals surface area contributed by atoms with Crippen molar-refractivity contribution in [1.29, 1.82) is 0 Å². The van der Waals surface area contributed by atoms with Crippen molar-refractivity contribution in [2.45, 2.75) is 6.04 Å². The Morgan fingerprint density at radius 2 is 1.82 bits per heavy atom. The van der Waals surface area contributed by atoms with Gasteiger partial charge in [-0.25, -0.2) is 4.39 Å². The third-order valence-electron chi connectivity index (χ3n) is 2.53. The molecule has 0 aliphatic carbocycles. The minimum atomic E-state index is -0.444. The van der Waals surface area contributed by atoms with Crippen LogP contribution >= 0.6 is 38.5 Å². The summed E-state index contributed by atoms with van der Waals surface area (Å²) in [4.78, 5) is 0. The molecule has 0 fully saturated rings. The molecule has 0 amide bonds. The summed E-state index contributed by atoms with van der Waals surface area (Å²) in [5, 5.41) is 0. The van der Waals surface area contributed by atoms with E-state index >= 15 is 0 Å². The van der Waals surface area contributed by atoms with Crippen LogP contribution in [0.5, 0.6) is 0 Å². The quantitative estimate of drug-likeness (QED) is 0.743. The molecule has 0 aromatic heterocycles. The van der Waals surface area contributed by atoms with Crippen molar-refractivity contribution in [3.63, 3.8) is 0 Å². The molecule has 0 spiro atoms. The van der Waals surface area contributed by atoms with Crippen LogP contribution in [0.1, 0.15) is 17.2 Å². The maximum Gasteiger partial charge on any atom is 0.128 e. The van der Waals surface area contributed by atoms with Crippen LogP contribution in [0.4, 0.5) is 4.39 Å². The fourth-order valence-corrected chi connectivity index (χ4v) is 2.75. The van der Waals surface area contributed by atoms with Crippen molar-refractivity contribution < 1.29 is 4.39 Å². The molecule has 88 valence electrons. The Labute approximate surface area is 121 Å². The molecule has 4 heteroatoms. The van der Waals surface area contributed by atoms with E-state index in [1.54, 1.807) is 12.1 Å². The van der Waals surface area contributed by atoms with Gasteiger partial charge in [0.25, 0.3) is 0 Å². The van der Waals surface area contributed by atoms with Gasteiger partial charge in [0.15, 0.2) is 0 Å². The van der Waals surface area contributed by atoms with E-state index in [9.17, 15) is 4.39 Å². The lowest BCUT2D eigenvalue weighted by atomic mass is 9.99. The fraction of sp³-hybridized carbons (Fsp3) is 0.0769. The zero-order chi connectivity index (χ0) is 12.4. The Bertz CT molecular complexity index is 545. The Balaban J connectivity index is 2.47. The molecule has 0 saturated heterocycles. The lowest BCUT2D eigenvalue weighted by Gasteiger charge is -2.15. The van der Waals surface area contributed by atoms with Gasteiger partial charge in [-0.1, -0.05) is 34.1 Å². The van der Waals surface area contributed by atoms with Crippen LogP contribution in [0.25, 0.3) is 0 Å². The molecule has 0 bridgehead atoms. The molecular weight excluding hydrogens is 396 g/mol. The van der Waals surface area contributed by atoms with Gasteiger partial charge in [0.05, 0.1) is 6.04 Å². The monoisotopic (exact) mass is 405 g/mol. The van der Waals surface area contributed by atoms with Crippen LogP contribution in [-0.2, 0) is 0 Å². The molecule has 2 aromatic rings. The summed E-state index contributed by atoms with van der Waals surface area (Å²) >= 11 is 5.54. The van der Waals surface area contributed by atoms with E-state index < -0.39 is 6.04 Å². The lowest BCUT2D eigenvalue weighted by molar-refractivity contribution is 0.599. The van der Waals surface area contributed by atoms with Gasteiger partial charge >= 0.3 is 0 Å². The minimum Gasteiger partial charge on any atom is -0.320 e. The third-order valence-corrected chi connectivity index (χ3v) is 4.01. The Kier molecular flexibility index (Phi) is 4.17. The zero-order valence-electron chi connectivity index (χ0n) is 8.83. The van der Waals surface area contributed by atoms with E-state index in [-0.39, 0.29) is 5.82 Å². The predicted octanol–water partition coefficient (Wildman–Crippen LogP) is 4.24. The Morgan fingerprint density at radius 3 is 2.53 bits per heavy atom. The highest BCUT2D eigenvalue weighted by molar-refractivity contribution is 14.1. The number of nitrogens with two attached hydrogens (primary N) is 1. The molecule has 0 saturated carbocycles. The summed E-state index contributed by atoms with van der Waals surface area (Å²) in [6.07, 6.45) is 0. The molecule has 1 atom stereocenters. The molecule has 2 aromatic carbocycles. The second-order valence-corrected chi connectivity index (χ2v) is 5.74. The first-order valence-electron chi connectivity index (χ1n) is 5.04. The molecule has 2 rings (SSSR count). The number of hydrogen-bond donors (Lipinski definition) is 1. The number of benzene rings is 2. The van der Waals surface area contributed by atoms with Crippen LogP contribution in [-0.4, -0.2) is 0 Å². The number of halogens is 3. The molecule has 17 heavy (non-hydrogen) atoms. The first-order chi connectivity index (χ1) is 8.09. The van der Waals surface area contributed by atoms with Crippen molar-refractivity contribution in [3.05, 3.63) is 67.5 Å². The molecule has 0 radical (unpaired) electrons. The highest BCUT2D eigenvalue weighted by Gasteiger charge is 2.15. The molecule has 2 N–H and O–H groups in total. The van der Waals surface area contributed by atoms with Crippen molar-refractivity contribution in [2.75, 3.05) is 0 Å². The van der Waals surface area contributed by atoms with Crippen LogP contribution in [0.3, 0.4) is 0 Å². The van der Waals surface area contributed by atoms with E-state index in [0.29, 0.717) is 5.56 Å². The van der Waals surface area contributed by atoms with Crippen molar-refractivity contribution in [1.82, 2.24) is 0 Å². The van der Waals surface area contributed by atoms with Gasteiger partial charge in [0.2, 0.25) is 0 Å². The molecule has 0 aliphatic rings. The molecular formula is C13H10BrFIN. The van der Waals surface area contributed by atoms with Gasteiger partial charge in [-0.15, -0.1) is 0 Å². The third kappa shape index (κ3) is 2.86. The van der Waals surface area contributed by atoms with Crippen molar-refractivity contribution >= 4 is 38.5 Å². The number of hydrogen-bond acceptors (Lipinski definition) is 1. The van der Waals surface area contributed by atoms with Gasteiger partial charge in [-0.05, 0) is 52.4 Å².